The van der Waals surface area contributed by atoms with Crippen LogP contribution < -0.4 is 5.32 Å². The molecule has 0 radical (unpaired) electrons. The molecule has 1 rings (SSSR count). The zero-order valence-electron chi connectivity index (χ0n) is 10.1. The lowest BCUT2D eigenvalue weighted by atomic mass is 10.2. The Balaban J connectivity index is 2.45. The molecule has 1 N–H and O–H groups in total. The van der Waals surface area contributed by atoms with Crippen LogP contribution in [0.5, 0.6) is 0 Å². The number of esters is 1. The third kappa shape index (κ3) is 4.34. The molecule has 16 heavy (non-hydrogen) atoms. The second-order valence-electron chi connectivity index (χ2n) is 3.92. The zero-order valence-corrected chi connectivity index (χ0v) is 10.1. The maximum Gasteiger partial charge on any atom is 0.307 e. The minimum absolute atomic E-state index is 0.0841. The number of benzene rings is 1. The summed E-state index contributed by atoms with van der Waals surface area (Å²) in [7, 11) is 0. The van der Waals surface area contributed by atoms with Crippen LogP contribution >= 0.6 is 0 Å². The van der Waals surface area contributed by atoms with E-state index in [0.29, 0.717) is 13.0 Å². The van der Waals surface area contributed by atoms with Crippen LogP contribution in [0.1, 0.15) is 25.8 Å². The highest BCUT2D eigenvalue weighted by Crippen LogP contribution is 2.12. The van der Waals surface area contributed by atoms with Gasteiger partial charge in [-0.05, 0) is 38.5 Å². The van der Waals surface area contributed by atoms with Gasteiger partial charge in [-0.3, -0.25) is 4.79 Å². The average molecular weight is 221 g/mol. The number of aryl methyl sites for hydroxylation is 1. The van der Waals surface area contributed by atoms with Crippen molar-refractivity contribution in [1.82, 2.24) is 0 Å². The SMILES string of the molecule is CCOC(=O)CC(C)Nc1cccc(C)c1. The van der Waals surface area contributed by atoms with Crippen LogP contribution in [-0.4, -0.2) is 18.6 Å². The summed E-state index contributed by atoms with van der Waals surface area (Å²) in [5, 5.41) is 3.27. The van der Waals surface area contributed by atoms with Gasteiger partial charge in [0.2, 0.25) is 0 Å². The summed E-state index contributed by atoms with van der Waals surface area (Å²) in [6.45, 7) is 6.27. The lowest BCUT2D eigenvalue weighted by molar-refractivity contribution is -0.143. The van der Waals surface area contributed by atoms with Crippen LogP contribution in [-0.2, 0) is 9.53 Å². The number of nitrogens with one attached hydrogen (secondary N) is 1. The summed E-state index contributed by atoms with van der Waals surface area (Å²) >= 11 is 0. The Hall–Kier alpha value is -1.51. The van der Waals surface area contributed by atoms with E-state index in [4.69, 9.17) is 4.74 Å². The quantitative estimate of drug-likeness (QED) is 0.777. The third-order valence-corrected chi connectivity index (χ3v) is 2.21. The predicted molar refractivity (Wildman–Crippen MR) is 65.5 cm³/mol. The number of ether oxygens (including phenoxy) is 1. The molecule has 0 amide bonds. The maximum absolute atomic E-state index is 11.2. The molecule has 0 aliphatic heterocycles. The van der Waals surface area contributed by atoms with Crippen LogP contribution in [0.2, 0.25) is 0 Å². The van der Waals surface area contributed by atoms with Gasteiger partial charge < -0.3 is 10.1 Å². The van der Waals surface area contributed by atoms with Crippen molar-refractivity contribution in [3.8, 4) is 0 Å². The highest BCUT2D eigenvalue weighted by Gasteiger charge is 2.09. The Morgan fingerprint density at radius 2 is 2.25 bits per heavy atom. The van der Waals surface area contributed by atoms with E-state index in [1.165, 1.54) is 5.56 Å². The molecule has 0 heterocycles. The molecule has 3 nitrogen and oxygen atoms in total. The van der Waals surface area contributed by atoms with E-state index in [-0.39, 0.29) is 12.0 Å². The Morgan fingerprint density at radius 3 is 2.88 bits per heavy atom. The second kappa shape index (κ2) is 6.16. The topological polar surface area (TPSA) is 38.3 Å². The zero-order chi connectivity index (χ0) is 12.0. The number of hydrogen-bond acceptors (Lipinski definition) is 3. The molecule has 3 heteroatoms. The van der Waals surface area contributed by atoms with Crippen molar-refractivity contribution in [3.05, 3.63) is 29.8 Å². The van der Waals surface area contributed by atoms with E-state index in [1.54, 1.807) is 0 Å². The van der Waals surface area contributed by atoms with Crippen LogP contribution in [0.3, 0.4) is 0 Å². The molecule has 1 aromatic carbocycles. The average Bonchev–Trinajstić information content (AvgIpc) is 2.17. The van der Waals surface area contributed by atoms with E-state index >= 15 is 0 Å². The highest BCUT2D eigenvalue weighted by atomic mass is 16.5. The molecule has 0 aliphatic carbocycles. The first-order chi connectivity index (χ1) is 7.61. The number of carbonyl (C=O) groups is 1. The van der Waals surface area contributed by atoms with Gasteiger partial charge in [0.05, 0.1) is 13.0 Å². The fraction of sp³-hybridized carbons (Fsp3) is 0.462. The van der Waals surface area contributed by atoms with Crippen molar-refractivity contribution in [3.63, 3.8) is 0 Å². The standard InChI is InChI=1S/C13H19NO2/c1-4-16-13(15)9-11(3)14-12-7-5-6-10(2)8-12/h5-8,11,14H,4,9H2,1-3H3. The summed E-state index contributed by atoms with van der Waals surface area (Å²) in [4.78, 5) is 11.2. The highest BCUT2D eigenvalue weighted by molar-refractivity contribution is 5.70. The van der Waals surface area contributed by atoms with Crippen molar-refractivity contribution in [2.75, 3.05) is 11.9 Å². The first-order valence-electron chi connectivity index (χ1n) is 5.60. The van der Waals surface area contributed by atoms with E-state index < -0.39 is 0 Å². The maximum atomic E-state index is 11.2. The predicted octanol–water partition coefficient (Wildman–Crippen LogP) is 2.75. The smallest absolute Gasteiger partial charge is 0.307 e. The van der Waals surface area contributed by atoms with Crippen molar-refractivity contribution in [1.29, 1.82) is 0 Å². The van der Waals surface area contributed by atoms with Crippen LogP contribution in [0, 0.1) is 6.92 Å². The van der Waals surface area contributed by atoms with Gasteiger partial charge in [0.15, 0.2) is 0 Å². The summed E-state index contributed by atoms with van der Waals surface area (Å²) in [5.74, 6) is -0.157. The lowest BCUT2D eigenvalue weighted by Gasteiger charge is -2.14. The molecule has 0 saturated carbocycles. The molecule has 0 saturated heterocycles. The normalized spacial score (nSPS) is 11.9. The van der Waals surface area contributed by atoms with Crippen molar-refractivity contribution in [2.45, 2.75) is 33.2 Å². The minimum Gasteiger partial charge on any atom is -0.466 e. The van der Waals surface area contributed by atoms with E-state index in [1.807, 2.05) is 39.0 Å². The summed E-state index contributed by atoms with van der Waals surface area (Å²) in [6, 6.07) is 8.17. The van der Waals surface area contributed by atoms with Gasteiger partial charge in [0.25, 0.3) is 0 Å². The Kier molecular flexibility index (Phi) is 4.83. The molecule has 0 aliphatic rings. The first-order valence-corrected chi connectivity index (χ1v) is 5.60. The van der Waals surface area contributed by atoms with Gasteiger partial charge in [0.1, 0.15) is 0 Å². The van der Waals surface area contributed by atoms with Crippen LogP contribution in [0.4, 0.5) is 5.69 Å². The van der Waals surface area contributed by atoms with E-state index in [2.05, 4.69) is 11.4 Å². The monoisotopic (exact) mass is 221 g/mol. The Bertz CT molecular complexity index is 350. The van der Waals surface area contributed by atoms with Crippen molar-refractivity contribution >= 4 is 11.7 Å². The first kappa shape index (κ1) is 12.6. The number of anilines is 1. The van der Waals surface area contributed by atoms with Gasteiger partial charge in [-0.2, -0.15) is 0 Å². The second-order valence-corrected chi connectivity index (χ2v) is 3.92. The van der Waals surface area contributed by atoms with E-state index in [0.717, 1.165) is 5.69 Å². The fourth-order valence-electron chi connectivity index (χ4n) is 1.54. The van der Waals surface area contributed by atoms with E-state index in [9.17, 15) is 4.79 Å². The Labute approximate surface area is 96.8 Å². The van der Waals surface area contributed by atoms with Crippen LogP contribution in [0.25, 0.3) is 0 Å². The molecular formula is C13H19NO2. The van der Waals surface area contributed by atoms with Gasteiger partial charge in [-0.25, -0.2) is 0 Å². The van der Waals surface area contributed by atoms with Gasteiger partial charge in [-0.15, -0.1) is 0 Å². The molecule has 0 spiro atoms. The third-order valence-electron chi connectivity index (χ3n) is 2.21. The minimum atomic E-state index is -0.157. The molecule has 0 bridgehead atoms. The number of carbonyl (C=O) groups excluding carboxylic acids is 1. The van der Waals surface area contributed by atoms with Crippen molar-refractivity contribution in [2.24, 2.45) is 0 Å². The summed E-state index contributed by atoms with van der Waals surface area (Å²) in [6.07, 6.45) is 0.391. The molecule has 0 aromatic heterocycles. The van der Waals surface area contributed by atoms with Crippen LogP contribution in [0.15, 0.2) is 24.3 Å². The van der Waals surface area contributed by atoms with Gasteiger partial charge in [-0.1, -0.05) is 12.1 Å². The number of rotatable bonds is 5. The molecule has 1 atom stereocenters. The largest absolute Gasteiger partial charge is 0.466 e. The number of hydrogen-bond donors (Lipinski definition) is 1. The molecule has 1 unspecified atom stereocenters. The molecule has 1 aromatic rings. The van der Waals surface area contributed by atoms with Gasteiger partial charge in [0, 0.05) is 11.7 Å². The molecular weight excluding hydrogens is 202 g/mol. The summed E-state index contributed by atoms with van der Waals surface area (Å²) < 4.78 is 4.90. The Morgan fingerprint density at radius 1 is 1.50 bits per heavy atom. The molecule has 88 valence electrons. The summed E-state index contributed by atoms with van der Waals surface area (Å²) in [5.41, 5.74) is 2.24. The fourth-order valence-corrected chi connectivity index (χ4v) is 1.54. The van der Waals surface area contributed by atoms with Gasteiger partial charge >= 0.3 is 5.97 Å². The van der Waals surface area contributed by atoms with Crippen molar-refractivity contribution < 1.29 is 9.53 Å². The lowest BCUT2D eigenvalue weighted by Crippen LogP contribution is -2.21. The molecule has 0 fully saturated rings.